The Labute approximate surface area is 126 Å². The van der Waals surface area contributed by atoms with E-state index in [1.807, 2.05) is 0 Å². The van der Waals surface area contributed by atoms with E-state index in [1.165, 1.54) is 0 Å². The number of nitrogens with one attached hydrogen (secondary N) is 3. The van der Waals surface area contributed by atoms with Crippen LogP contribution in [0.15, 0.2) is 36.5 Å². The smallest absolute Gasteiger partial charge is 0.272 e. The van der Waals surface area contributed by atoms with Gasteiger partial charge in [0.15, 0.2) is 0 Å². The maximum Gasteiger partial charge on any atom is 0.272 e. The zero-order chi connectivity index (χ0) is 14.8. The Morgan fingerprint density at radius 3 is 2.43 bits per heavy atom. The van der Waals surface area contributed by atoms with Crippen LogP contribution in [0.4, 0.5) is 5.69 Å². The van der Waals surface area contributed by atoms with E-state index in [0.29, 0.717) is 28.0 Å². The van der Waals surface area contributed by atoms with E-state index in [9.17, 15) is 9.59 Å². The number of halogens is 1. The first-order valence-electron chi connectivity index (χ1n) is 6.68. The van der Waals surface area contributed by atoms with Gasteiger partial charge in [0.05, 0.1) is 5.02 Å². The Kier molecular flexibility index (Phi) is 3.66. The van der Waals surface area contributed by atoms with Crippen LogP contribution in [0.5, 0.6) is 0 Å². The zero-order valence-corrected chi connectivity index (χ0v) is 11.9. The average molecular weight is 304 g/mol. The van der Waals surface area contributed by atoms with Gasteiger partial charge in [-0.3, -0.25) is 9.59 Å². The Hall–Kier alpha value is -2.27. The predicted molar refractivity (Wildman–Crippen MR) is 80.7 cm³/mol. The van der Waals surface area contributed by atoms with Crippen molar-refractivity contribution >= 4 is 29.1 Å². The second-order valence-corrected chi connectivity index (χ2v) is 5.45. The van der Waals surface area contributed by atoms with Crippen molar-refractivity contribution in [3.63, 3.8) is 0 Å². The fourth-order valence-corrected chi connectivity index (χ4v) is 2.06. The van der Waals surface area contributed by atoms with Crippen LogP contribution in [0.2, 0.25) is 5.02 Å². The quantitative estimate of drug-likeness (QED) is 0.812. The molecule has 1 aromatic heterocycles. The summed E-state index contributed by atoms with van der Waals surface area (Å²) in [6, 6.07) is 8.65. The maximum atomic E-state index is 11.9. The van der Waals surface area contributed by atoms with Crippen molar-refractivity contribution < 1.29 is 9.59 Å². The van der Waals surface area contributed by atoms with Gasteiger partial charge in [0, 0.05) is 23.5 Å². The second-order valence-electron chi connectivity index (χ2n) is 5.01. The van der Waals surface area contributed by atoms with Gasteiger partial charge in [-0.25, -0.2) is 0 Å². The van der Waals surface area contributed by atoms with Crippen molar-refractivity contribution in [1.82, 2.24) is 10.3 Å². The van der Waals surface area contributed by atoms with Gasteiger partial charge in [-0.05, 0) is 43.2 Å². The topological polar surface area (TPSA) is 74.0 Å². The molecule has 0 unspecified atom stereocenters. The molecule has 0 aliphatic heterocycles. The minimum Gasteiger partial charge on any atom is -0.356 e. The molecule has 21 heavy (non-hydrogen) atoms. The molecule has 0 bridgehead atoms. The molecule has 1 aromatic carbocycles. The van der Waals surface area contributed by atoms with Crippen LogP contribution in [-0.2, 0) is 0 Å². The molecule has 1 heterocycles. The van der Waals surface area contributed by atoms with E-state index >= 15 is 0 Å². The standard InChI is InChI=1S/C15H14ClN3O2/c16-10-7-13(17-8-10)15(21)19-11-3-1-9(2-4-11)14(20)18-12-5-6-12/h1-4,7-8,12,17H,5-6H2,(H,18,20)(H,19,21). The molecule has 0 saturated heterocycles. The van der Waals surface area contributed by atoms with Gasteiger partial charge < -0.3 is 15.6 Å². The van der Waals surface area contributed by atoms with Crippen molar-refractivity contribution in [1.29, 1.82) is 0 Å². The number of aromatic amines is 1. The molecule has 2 amide bonds. The van der Waals surface area contributed by atoms with Crippen molar-refractivity contribution in [2.24, 2.45) is 0 Å². The number of hydrogen-bond acceptors (Lipinski definition) is 2. The third kappa shape index (κ3) is 3.44. The van der Waals surface area contributed by atoms with Crippen molar-refractivity contribution in [3.8, 4) is 0 Å². The van der Waals surface area contributed by atoms with Gasteiger partial charge in [-0.1, -0.05) is 11.6 Å². The summed E-state index contributed by atoms with van der Waals surface area (Å²) in [5, 5.41) is 6.12. The summed E-state index contributed by atoms with van der Waals surface area (Å²) in [6.07, 6.45) is 3.65. The Morgan fingerprint density at radius 2 is 1.86 bits per heavy atom. The fourth-order valence-electron chi connectivity index (χ4n) is 1.90. The first kappa shape index (κ1) is 13.7. The largest absolute Gasteiger partial charge is 0.356 e. The van der Waals surface area contributed by atoms with Crippen LogP contribution in [0.25, 0.3) is 0 Å². The molecule has 1 aliphatic rings. The molecule has 0 radical (unpaired) electrons. The molecule has 108 valence electrons. The number of carbonyl (C=O) groups excluding carboxylic acids is 2. The SMILES string of the molecule is O=C(NC1CC1)c1ccc(NC(=O)c2cc(Cl)c[nH]2)cc1. The highest BCUT2D eigenvalue weighted by Crippen LogP contribution is 2.20. The van der Waals surface area contributed by atoms with E-state index in [2.05, 4.69) is 15.6 Å². The summed E-state index contributed by atoms with van der Waals surface area (Å²) >= 11 is 5.75. The molecule has 1 fully saturated rings. The highest BCUT2D eigenvalue weighted by Gasteiger charge is 2.23. The molecule has 3 rings (SSSR count). The number of hydrogen-bond donors (Lipinski definition) is 3. The Balaban J connectivity index is 1.63. The molecule has 6 heteroatoms. The van der Waals surface area contributed by atoms with Gasteiger partial charge in [-0.2, -0.15) is 0 Å². The summed E-state index contributed by atoms with van der Waals surface area (Å²) in [5.41, 5.74) is 1.59. The van der Waals surface area contributed by atoms with E-state index in [-0.39, 0.29) is 11.8 Å². The molecule has 5 nitrogen and oxygen atoms in total. The minimum absolute atomic E-state index is 0.0773. The van der Waals surface area contributed by atoms with Gasteiger partial charge in [0.25, 0.3) is 11.8 Å². The predicted octanol–water partition coefficient (Wildman–Crippen LogP) is 2.81. The van der Waals surface area contributed by atoms with E-state index in [4.69, 9.17) is 11.6 Å². The fraction of sp³-hybridized carbons (Fsp3) is 0.200. The number of H-pyrrole nitrogens is 1. The van der Waals surface area contributed by atoms with Crippen LogP contribution in [0, 0.1) is 0 Å². The van der Waals surface area contributed by atoms with E-state index < -0.39 is 0 Å². The van der Waals surface area contributed by atoms with Gasteiger partial charge in [0.2, 0.25) is 0 Å². The lowest BCUT2D eigenvalue weighted by atomic mass is 10.2. The van der Waals surface area contributed by atoms with Crippen LogP contribution in [0.3, 0.4) is 0 Å². The van der Waals surface area contributed by atoms with Crippen LogP contribution >= 0.6 is 11.6 Å². The number of rotatable bonds is 4. The number of carbonyl (C=O) groups is 2. The summed E-state index contributed by atoms with van der Waals surface area (Å²) < 4.78 is 0. The molecular weight excluding hydrogens is 290 g/mol. The van der Waals surface area contributed by atoms with Gasteiger partial charge in [-0.15, -0.1) is 0 Å². The van der Waals surface area contributed by atoms with E-state index in [0.717, 1.165) is 12.8 Å². The lowest BCUT2D eigenvalue weighted by molar-refractivity contribution is 0.0950. The van der Waals surface area contributed by atoms with Crippen LogP contribution in [-0.4, -0.2) is 22.8 Å². The highest BCUT2D eigenvalue weighted by atomic mass is 35.5. The third-order valence-electron chi connectivity index (χ3n) is 3.21. The molecule has 1 aliphatic carbocycles. The van der Waals surface area contributed by atoms with Crippen LogP contribution < -0.4 is 10.6 Å². The third-order valence-corrected chi connectivity index (χ3v) is 3.43. The Morgan fingerprint density at radius 1 is 1.14 bits per heavy atom. The molecular formula is C15H14ClN3O2. The second kappa shape index (κ2) is 5.61. The minimum atomic E-state index is -0.280. The number of aromatic nitrogens is 1. The summed E-state index contributed by atoms with van der Waals surface area (Å²) in [5.74, 6) is -0.358. The molecule has 1 saturated carbocycles. The molecule has 2 aromatic rings. The van der Waals surface area contributed by atoms with Crippen LogP contribution in [0.1, 0.15) is 33.7 Å². The maximum absolute atomic E-state index is 11.9. The Bertz CT molecular complexity index is 674. The van der Waals surface area contributed by atoms with Gasteiger partial charge >= 0.3 is 0 Å². The molecule has 0 atom stereocenters. The monoisotopic (exact) mass is 303 g/mol. The number of amides is 2. The first-order valence-corrected chi connectivity index (χ1v) is 7.06. The zero-order valence-electron chi connectivity index (χ0n) is 11.2. The lowest BCUT2D eigenvalue weighted by Crippen LogP contribution is -2.25. The molecule has 3 N–H and O–H groups in total. The molecule has 0 spiro atoms. The number of anilines is 1. The van der Waals surface area contributed by atoms with E-state index in [1.54, 1.807) is 36.5 Å². The van der Waals surface area contributed by atoms with Crippen molar-refractivity contribution in [3.05, 3.63) is 52.8 Å². The average Bonchev–Trinajstić information content (AvgIpc) is 3.17. The first-order chi connectivity index (χ1) is 10.1. The lowest BCUT2D eigenvalue weighted by Gasteiger charge is -2.06. The summed E-state index contributed by atoms with van der Waals surface area (Å²) in [4.78, 5) is 26.5. The summed E-state index contributed by atoms with van der Waals surface area (Å²) in [6.45, 7) is 0. The van der Waals surface area contributed by atoms with Gasteiger partial charge in [0.1, 0.15) is 5.69 Å². The summed E-state index contributed by atoms with van der Waals surface area (Å²) in [7, 11) is 0. The van der Waals surface area contributed by atoms with Crippen molar-refractivity contribution in [2.75, 3.05) is 5.32 Å². The van der Waals surface area contributed by atoms with Crippen molar-refractivity contribution in [2.45, 2.75) is 18.9 Å². The normalized spacial score (nSPS) is 13.8. The highest BCUT2D eigenvalue weighted by molar-refractivity contribution is 6.31. The number of benzene rings is 1.